The molecule has 5 nitrogen and oxygen atoms in total. The average Bonchev–Trinajstić information content (AvgIpc) is 2.74. The lowest BCUT2D eigenvalue weighted by atomic mass is 9.97. The summed E-state index contributed by atoms with van der Waals surface area (Å²) in [5.41, 5.74) is 3.40. The van der Waals surface area contributed by atoms with E-state index < -0.39 is 17.6 Å². The van der Waals surface area contributed by atoms with E-state index in [1.807, 2.05) is 48.5 Å². The van der Waals surface area contributed by atoms with Crippen molar-refractivity contribution < 1.29 is 14.0 Å². The molecular formula is C23H16FN3O2. The summed E-state index contributed by atoms with van der Waals surface area (Å²) in [7, 11) is 0. The highest BCUT2D eigenvalue weighted by Gasteiger charge is 2.13. The van der Waals surface area contributed by atoms with Gasteiger partial charge in [-0.3, -0.25) is 9.59 Å². The highest BCUT2D eigenvalue weighted by molar-refractivity contribution is 6.39. The first-order valence-corrected chi connectivity index (χ1v) is 8.92. The summed E-state index contributed by atoms with van der Waals surface area (Å²) in [5, 5.41) is 10.4. The van der Waals surface area contributed by atoms with E-state index >= 15 is 0 Å². The van der Waals surface area contributed by atoms with Gasteiger partial charge in [-0.25, -0.2) is 9.82 Å². The van der Waals surface area contributed by atoms with Crippen LogP contribution in [0.2, 0.25) is 0 Å². The van der Waals surface area contributed by atoms with Gasteiger partial charge < -0.3 is 5.32 Å². The van der Waals surface area contributed by atoms with E-state index in [4.69, 9.17) is 0 Å². The summed E-state index contributed by atoms with van der Waals surface area (Å²) in [4.78, 5) is 24.0. The maximum atomic E-state index is 12.9. The first-order chi connectivity index (χ1) is 14.1. The molecule has 0 atom stereocenters. The summed E-state index contributed by atoms with van der Waals surface area (Å²) in [6.07, 6.45) is 1.54. The Kier molecular flexibility index (Phi) is 4.99. The molecule has 0 saturated carbocycles. The van der Waals surface area contributed by atoms with Crippen LogP contribution in [0.5, 0.6) is 0 Å². The first-order valence-electron chi connectivity index (χ1n) is 8.92. The fraction of sp³-hybridized carbons (Fsp3) is 0. The lowest BCUT2D eigenvalue weighted by Gasteiger charge is -2.08. The summed E-state index contributed by atoms with van der Waals surface area (Å²) < 4.78 is 12.9. The number of anilines is 1. The molecule has 4 rings (SSSR count). The van der Waals surface area contributed by atoms with Gasteiger partial charge in [0.2, 0.25) is 0 Å². The highest BCUT2D eigenvalue weighted by Crippen LogP contribution is 2.27. The second-order valence-electron chi connectivity index (χ2n) is 6.39. The van der Waals surface area contributed by atoms with Crippen LogP contribution >= 0.6 is 0 Å². The van der Waals surface area contributed by atoms with Crippen LogP contribution in [0.1, 0.15) is 5.56 Å². The highest BCUT2D eigenvalue weighted by atomic mass is 19.1. The lowest BCUT2D eigenvalue weighted by molar-refractivity contribution is -0.136. The number of carbonyl (C=O) groups is 2. The second kappa shape index (κ2) is 7.90. The topological polar surface area (TPSA) is 70.6 Å². The largest absolute Gasteiger partial charge is 0.329 e. The molecule has 142 valence electrons. The Hall–Kier alpha value is -4.06. The van der Waals surface area contributed by atoms with Crippen molar-refractivity contribution in [1.29, 1.82) is 0 Å². The molecule has 6 heteroatoms. The molecule has 0 spiro atoms. The monoisotopic (exact) mass is 385 g/mol. The Balaban J connectivity index is 1.55. The Morgan fingerprint density at radius 1 is 0.793 bits per heavy atom. The SMILES string of the molecule is O=C(N/N=C\c1c2ccccc2cc2ccccc12)C(=O)Nc1ccc(F)cc1. The van der Waals surface area contributed by atoms with Crippen LogP contribution in [0, 0.1) is 5.82 Å². The normalized spacial score (nSPS) is 11.1. The van der Waals surface area contributed by atoms with Crippen LogP contribution in [0.25, 0.3) is 21.5 Å². The van der Waals surface area contributed by atoms with E-state index in [9.17, 15) is 14.0 Å². The molecule has 4 aromatic rings. The number of rotatable bonds is 3. The van der Waals surface area contributed by atoms with Gasteiger partial charge in [-0.05, 0) is 51.9 Å². The predicted molar refractivity (Wildman–Crippen MR) is 112 cm³/mol. The molecular weight excluding hydrogens is 369 g/mol. The maximum absolute atomic E-state index is 12.9. The van der Waals surface area contributed by atoms with Crippen LogP contribution < -0.4 is 10.7 Å². The van der Waals surface area contributed by atoms with Gasteiger partial charge in [-0.15, -0.1) is 0 Å². The van der Waals surface area contributed by atoms with Crippen molar-refractivity contribution in [1.82, 2.24) is 5.43 Å². The van der Waals surface area contributed by atoms with E-state index in [-0.39, 0.29) is 0 Å². The summed E-state index contributed by atoms with van der Waals surface area (Å²) in [5.74, 6) is -2.24. The molecule has 0 fully saturated rings. The molecule has 29 heavy (non-hydrogen) atoms. The minimum Gasteiger partial charge on any atom is -0.318 e. The van der Waals surface area contributed by atoms with Crippen molar-refractivity contribution in [3.05, 3.63) is 90.2 Å². The van der Waals surface area contributed by atoms with Crippen LogP contribution in [0.4, 0.5) is 10.1 Å². The van der Waals surface area contributed by atoms with Crippen LogP contribution in [0.3, 0.4) is 0 Å². The van der Waals surface area contributed by atoms with E-state index in [2.05, 4.69) is 21.9 Å². The van der Waals surface area contributed by atoms with Crippen molar-refractivity contribution in [2.75, 3.05) is 5.32 Å². The zero-order valence-corrected chi connectivity index (χ0v) is 15.2. The molecule has 0 radical (unpaired) electrons. The number of nitrogens with zero attached hydrogens (tertiary/aromatic N) is 1. The van der Waals surface area contributed by atoms with Crippen molar-refractivity contribution in [2.45, 2.75) is 0 Å². The van der Waals surface area contributed by atoms with Gasteiger partial charge in [-0.1, -0.05) is 48.5 Å². The molecule has 0 unspecified atom stereocenters. The first kappa shape index (κ1) is 18.3. The van der Waals surface area contributed by atoms with Crippen LogP contribution in [-0.2, 0) is 9.59 Å². The van der Waals surface area contributed by atoms with Gasteiger partial charge in [0, 0.05) is 11.3 Å². The third kappa shape index (κ3) is 3.96. The predicted octanol–water partition coefficient (Wildman–Crippen LogP) is 4.22. The van der Waals surface area contributed by atoms with Gasteiger partial charge in [0.05, 0.1) is 6.21 Å². The minimum absolute atomic E-state index is 0.315. The molecule has 0 aliphatic rings. The Morgan fingerprint density at radius 3 is 2.00 bits per heavy atom. The van der Waals surface area contributed by atoms with Crippen molar-refractivity contribution in [3.63, 3.8) is 0 Å². The zero-order valence-electron chi connectivity index (χ0n) is 15.2. The van der Waals surface area contributed by atoms with Gasteiger partial charge in [0.1, 0.15) is 5.82 Å². The fourth-order valence-corrected chi connectivity index (χ4v) is 3.12. The number of benzene rings is 4. The molecule has 2 amide bonds. The van der Waals surface area contributed by atoms with Gasteiger partial charge in [0.15, 0.2) is 0 Å². The number of hydrogen-bond acceptors (Lipinski definition) is 3. The van der Waals surface area contributed by atoms with Crippen LogP contribution in [0.15, 0.2) is 84.0 Å². The maximum Gasteiger partial charge on any atom is 0.329 e. The van der Waals surface area contributed by atoms with E-state index in [0.29, 0.717) is 5.69 Å². The number of amides is 2. The second-order valence-corrected chi connectivity index (χ2v) is 6.39. The number of fused-ring (bicyclic) bond motifs is 2. The minimum atomic E-state index is -0.921. The number of carbonyl (C=O) groups excluding carboxylic acids is 2. The molecule has 0 aromatic heterocycles. The molecule has 0 saturated heterocycles. The Morgan fingerprint density at radius 2 is 1.38 bits per heavy atom. The Bertz CT molecular complexity index is 1200. The smallest absolute Gasteiger partial charge is 0.318 e. The van der Waals surface area contributed by atoms with Crippen molar-refractivity contribution in [3.8, 4) is 0 Å². The van der Waals surface area contributed by atoms with E-state index in [0.717, 1.165) is 27.1 Å². The van der Waals surface area contributed by atoms with Gasteiger partial charge >= 0.3 is 11.8 Å². The molecule has 0 heterocycles. The average molecular weight is 385 g/mol. The standard InChI is InChI=1S/C23H16FN3O2/c24-17-9-11-18(12-10-17)26-22(28)23(29)27-25-14-21-19-7-3-1-5-15(19)13-16-6-2-4-8-20(16)21/h1-14H,(H,26,28)(H,27,29)/b25-14-. The number of halogens is 1. The summed E-state index contributed by atoms with van der Waals surface area (Å²) in [6, 6.07) is 23.0. The van der Waals surface area contributed by atoms with E-state index in [1.54, 1.807) is 0 Å². The third-order valence-corrected chi connectivity index (χ3v) is 4.48. The van der Waals surface area contributed by atoms with Crippen molar-refractivity contribution in [2.24, 2.45) is 5.10 Å². The van der Waals surface area contributed by atoms with Crippen molar-refractivity contribution >= 4 is 45.3 Å². The van der Waals surface area contributed by atoms with E-state index in [1.165, 1.54) is 30.5 Å². The summed E-state index contributed by atoms with van der Waals surface area (Å²) in [6.45, 7) is 0. The number of nitrogens with one attached hydrogen (secondary N) is 2. The quantitative estimate of drug-likeness (QED) is 0.240. The van der Waals surface area contributed by atoms with Crippen LogP contribution in [-0.4, -0.2) is 18.0 Å². The molecule has 0 aliphatic heterocycles. The van der Waals surface area contributed by atoms with Gasteiger partial charge in [0.25, 0.3) is 0 Å². The summed E-state index contributed by atoms with van der Waals surface area (Å²) >= 11 is 0. The van der Waals surface area contributed by atoms with Gasteiger partial charge in [-0.2, -0.15) is 5.10 Å². The molecule has 2 N–H and O–H groups in total. The number of hydrogen-bond donors (Lipinski definition) is 2. The fourth-order valence-electron chi connectivity index (χ4n) is 3.12. The molecule has 0 bridgehead atoms. The molecule has 4 aromatic carbocycles. The zero-order chi connectivity index (χ0) is 20.2. The number of hydrazone groups is 1. The Labute approximate surface area is 165 Å². The lowest BCUT2D eigenvalue weighted by Crippen LogP contribution is -2.32. The third-order valence-electron chi connectivity index (χ3n) is 4.48. The molecule has 0 aliphatic carbocycles.